The van der Waals surface area contributed by atoms with Crippen molar-refractivity contribution in [3.05, 3.63) is 58.7 Å². The molecule has 9 heteroatoms. The van der Waals surface area contributed by atoms with E-state index < -0.39 is 35.1 Å². The van der Waals surface area contributed by atoms with Crippen molar-refractivity contribution in [3.63, 3.8) is 0 Å². The van der Waals surface area contributed by atoms with Crippen molar-refractivity contribution >= 4 is 17.8 Å². The van der Waals surface area contributed by atoms with E-state index in [4.69, 9.17) is 28.1 Å². The summed E-state index contributed by atoms with van der Waals surface area (Å²) in [7, 11) is 0. The fraction of sp³-hybridized carbons (Fsp3) is 0.587. The van der Waals surface area contributed by atoms with E-state index in [0.717, 1.165) is 69.8 Å². The molecular formula is C46H54N2O7. The maximum atomic E-state index is 12.9. The number of aryl methyl sites for hydroxylation is 2. The van der Waals surface area contributed by atoms with Crippen molar-refractivity contribution in [2.45, 2.75) is 126 Å². The number of nitrogens with two attached hydrogens (primary N) is 1. The molecule has 11 unspecified atom stereocenters. The second-order valence-electron chi connectivity index (χ2n) is 18.0. The molecule has 2 aromatic rings. The van der Waals surface area contributed by atoms with E-state index in [1.165, 1.54) is 16.7 Å². The van der Waals surface area contributed by atoms with Crippen LogP contribution in [0.5, 0.6) is 11.5 Å². The second-order valence-corrected chi connectivity index (χ2v) is 18.0. The lowest BCUT2D eigenvalue weighted by molar-refractivity contribution is -0.138. The summed E-state index contributed by atoms with van der Waals surface area (Å²) in [4.78, 5) is 38.3. The van der Waals surface area contributed by atoms with E-state index in [2.05, 4.69) is 37.1 Å². The Labute approximate surface area is 324 Å². The zero-order valence-corrected chi connectivity index (χ0v) is 32.1. The van der Waals surface area contributed by atoms with Gasteiger partial charge in [-0.15, -0.1) is 12.8 Å². The quantitative estimate of drug-likeness (QED) is 0.166. The molecule has 0 saturated heterocycles. The Balaban J connectivity index is 0.807. The van der Waals surface area contributed by atoms with Crippen LogP contribution in [0.15, 0.2) is 36.4 Å². The van der Waals surface area contributed by atoms with Crippen LogP contribution in [0.1, 0.15) is 119 Å². The molecule has 9 nitrogen and oxygen atoms in total. The monoisotopic (exact) mass is 746 g/mol. The van der Waals surface area contributed by atoms with Gasteiger partial charge < -0.3 is 30.7 Å². The highest BCUT2D eigenvalue weighted by Gasteiger charge is 2.62. The van der Waals surface area contributed by atoms with E-state index in [9.17, 15) is 24.6 Å². The molecule has 11 atom stereocenters. The van der Waals surface area contributed by atoms with E-state index in [0.29, 0.717) is 59.8 Å². The van der Waals surface area contributed by atoms with Crippen LogP contribution in [0.25, 0.3) is 0 Å². The van der Waals surface area contributed by atoms with Crippen LogP contribution >= 0.6 is 0 Å². The molecule has 4 fully saturated rings. The molecule has 5 N–H and O–H groups in total. The first-order valence-electron chi connectivity index (χ1n) is 20.3. The number of rotatable bonds is 7. The van der Waals surface area contributed by atoms with Crippen molar-refractivity contribution in [3.8, 4) is 36.2 Å². The average molecular weight is 747 g/mol. The number of nitrogens with one attached hydrogen (secondary N) is 1. The van der Waals surface area contributed by atoms with Crippen LogP contribution in [0.3, 0.4) is 0 Å². The van der Waals surface area contributed by atoms with Gasteiger partial charge in [-0.25, -0.2) is 9.59 Å². The average Bonchev–Trinajstić information content (AvgIpc) is 3.62. The van der Waals surface area contributed by atoms with Crippen LogP contribution in [0.2, 0.25) is 0 Å². The number of hydrogen-bond donors (Lipinski definition) is 4. The molecule has 0 radical (unpaired) electrons. The van der Waals surface area contributed by atoms with Gasteiger partial charge in [-0.2, -0.15) is 0 Å². The number of amides is 1. The van der Waals surface area contributed by atoms with Gasteiger partial charge in [-0.1, -0.05) is 37.8 Å². The highest BCUT2D eigenvalue weighted by molar-refractivity contribution is 5.88. The van der Waals surface area contributed by atoms with Crippen LogP contribution < -0.4 is 20.5 Å². The number of fused-ring (bicyclic) bond motifs is 10. The molecule has 6 aliphatic carbocycles. The summed E-state index contributed by atoms with van der Waals surface area (Å²) < 4.78 is 11.2. The van der Waals surface area contributed by atoms with Crippen molar-refractivity contribution in [1.82, 2.24) is 5.32 Å². The molecular weight excluding hydrogens is 693 g/mol. The summed E-state index contributed by atoms with van der Waals surface area (Å²) in [5.41, 5.74) is 8.36. The third-order valence-corrected chi connectivity index (χ3v) is 15.8. The highest BCUT2D eigenvalue weighted by Crippen LogP contribution is 2.65. The minimum atomic E-state index is -1.21. The fourth-order valence-corrected chi connectivity index (χ4v) is 12.6. The number of esters is 2. The molecule has 290 valence electrons. The second kappa shape index (κ2) is 13.8. The maximum absolute atomic E-state index is 12.9. The number of benzene rings is 2. The lowest BCUT2D eigenvalue weighted by Gasteiger charge is -2.52. The first kappa shape index (κ1) is 37.8. The molecule has 0 bridgehead atoms. The molecule has 4 saturated carbocycles. The molecule has 0 spiro atoms. The van der Waals surface area contributed by atoms with Crippen molar-refractivity contribution in [2.75, 3.05) is 6.54 Å². The molecule has 6 aliphatic rings. The summed E-state index contributed by atoms with van der Waals surface area (Å²) in [6.45, 7) is 3.98. The smallest absolute Gasteiger partial charge is 0.330 e. The molecule has 0 heterocycles. The van der Waals surface area contributed by atoms with Gasteiger partial charge in [0, 0.05) is 10.8 Å². The van der Waals surface area contributed by atoms with E-state index in [-0.39, 0.29) is 23.8 Å². The van der Waals surface area contributed by atoms with Gasteiger partial charge in [-0.05, 0) is 159 Å². The number of ether oxygens (including phenoxy) is 2. The lowest BCUT2D eigenvalue weighted by atomic mass is 9.53. The Kier molecular flexibility index (Phi) is 9.47. The summed E-state index contributed by atoms with van der Waals surface area (Å²) >= 11 is 0. The number of carbonyl (C=O) groups is 3. The maximum Gasteiger partial charge on any atom is 0.330 e. The number of aliphatic hydroxyl groups is 2. The SMILES string of the molecule is C#CC1(O)CCC2C3CCc4cc(OC(=O)CNC(=O)CC(N)C(=O)Oc5ccc6c(c5)CCC5C6CCC6(C)C5CCC6(O)C#C)ccc4C3CCC21C. The fourth-order valence-electron chi connectivity index (χ4n) is 12.6. The first-order chi connectivity index (χ1) is 26.2. The Morgan fingerprint density at radius 1 is 0.782 bits per heavy atom. The third kappa shape index (κ3) is 6.09. The molecule has 2 aromatic carbocycles. The van der Waals surface area contributed by atoms with Crippen molar-refractivity contribution < 1.29 is 34.1 Å². The van der Waals surface area contributed by atoms with Gasteiger partial charge in [-0.3, -0.25) is 4.79 Å². The van der Waals surface area contributed by atoms with Crippen LogP contribution in [-0.4, -0.2) is 51.8 Å². The van der Waals surface area contributed by atoms with Gasteiger partial charge in [0.15, 0.2) is 0 Å². The zero-order valence-electron chi connectivity index (χ0n) is 32.1. The van der Waals surface area contributed by atoms with Gasteiger partial charge in [0.1, 0.15) is 35.3 Å². The van der Waals surface area contributed by atoms with Crippen LogP contribution in [-0.2, 0) is 27.2 Å². The summed E-state index contributed by atoms with van der Waals surface area (Å²) in [6, 6.07) is 10.3. The van der Waals surface area contributed by atoms with Crippen molar-refractivity contribution in [1.29, 1.82) is 0 Å². The Hall–Kier alpha value is -4.15. The predicted octanol–water partition coefficient (Wildman–Crippen LogP) is 5.47. The van der Waals surface area contributed by atoms with Gasteiger partial charge in [0.05, 0.1) is 6.42 Å². The largest absolute Gasteiger partial charge is 0.425 e. The standard InChI is InChI=1S/C46H54N2O7/c1-5-45(52)21-17-37-35-11-7-27-23-29(9-13-31(27)33(35)15-19-43(37,45)3)54-41(50)26-48-40(49)25-39(47)42(51)55-30-10-14-32-28(24-30)8-12-36-34(32)16-20-44(4)38(36)18-22-46(44,53)6-2/h1-2,9-10,13-14,23-24,33-39,52-53H,7-8,11-12,15-22,25-26,47H2,3-4H3,(H,48,49). The number of carbonyl (C=O) groups excluding carboxylic acids is 3. The zero-order chi connectivity index (χ0) is 38.9. The lowest BCUT2D eigenvalue weighted by Crippen LogP contribution is -2.50. The van der Waals surface area contributed by atoms with Gasteiger partial charge in [0.25, 0.3) is 0 Å². The summed E-state index contributed by atoms with van der Waals surface area (Å²) in [5, 5.41) is 25.0. The summed E-state index contributed by atoms with van der Waals surface area (Å²) in [5.74, 6) is 6.83. The molecule has 1 amide bonds. The normalized spacial score (nSPS) is 37.2. The van der Waals surface area contributed by atoms with Gasteiger partial charge >= 0.3 is 11.9 Å². The third-order valence-electron chi connectivity index (χ3n) is 15.8. The Morgan fingerprint density at radius 3 is 1.76 bits per heavy atom. The molecule has 8 rings (SSSR count). The minimum Gasteiger partial charge on any atom is -0.425 e. The minimum absolute atomic E-state index is 0.258. The number of terminal acetylenes is 2. The number of hydrogen-bond acceptors (Lipinski definition) is 8. The molecule has 55 heavy (non-hydrogen) atoms. The van der Waals surface area contributed by atoms with E-state index in [1.807, 2.05) is 24.3 Å². The Bertz CT molecular complexity index is 2000. The van der Waals surface area contributed by atoms with E-state index in [1.54, 1.807) is 6.07 Å². The Morgan fingerprint density at radius 2 is 1.27 bits per heavy atom. The topological polar surface area (TPSA) is 148 Å². The predicted molar refractivity (Wildman–Crippen MR) is 207 cm³/mol. The van der Waals surface area contributed by atoms with Crippen LogP contribution in [0.4, 0.5) is 0 Å². The summed E-state index contributed by atoms with van der Waals surface area (Å²) in [6.07, 6.45) is 21.9. The van der Waals surface area contributed by atoms with Crippen molar-refractivity contribution in [2.24, 2.45) is 40.2 Å². The van der Waals surface area contributed by atoms with Gasteiger partial charge in [0.2, 0.25) is 5.91 Å². The van der Waals surface area contributed by atoms with E-state index >= 15 is 0 Å². The molecule has 0 aromatic heterocycles. The molecule has 0 aliphatic heterocycles. The van der Waals surface area contributed by atoms with Crippen LogP contribution in [0, 0.1) is 59.2 Å². The first-order valence-corrected chi connectivity index (χ1v) is 20.3. The highest BCUT2D eigenvalue weighted by atomic mass is 16.5.